The number of thiophene rings is 1. The van der Waals surface area contributed by atoms with E-state index >= 15 is 0 Å². The van der Waals surface area contributed by atoms with Crippen LogP contribution >= 0.6 is 23.1 Å². The van der Waals surface area contributed by atoms with Gasteiger partial charge in [0.15, 0.2) is 0 Å². The Bertz CT molecular complexity index is 1020. The summed E-state index contributed by atoms with van der Waals surface area (Å²) in [5.41, 5.74) is 0.728. The van der Waals surface area contributed by atoms with E-state index in [2.05, 4.69) is 0 Å². The highest BCUT2D eigenvalue weighted by Gasteiger charge is 2.46. The Morgan fingerprint density at radius 2 is 1.75 bits per heavy atom. The van der Waals surface area contributed by atoms with Crippen LogP contribution in [0.1, 0.15) is 28.8 Å². The van der Waals surface area contributed by atoms with Crippen LogP contribution in [-0.4, -0.2) is 44.5 Å². The van der Waals surface area contributed by atoms with Gasteiger partial charge in [0.2, 0.25) is 11.6 Å². The fraction of sp³-hybridized carbons (Fsp3) is 0.300. The maximum atomic E-state index is 12.7. The number of hydrogen-bond donors (Lipinski definition) is 0. The molecule has 2 aliphatic heterocycles. The zero-order valence-corrected chi connectivity index (χ0v) is 17.3. The Hall–Kier alpha value is -1.74. The van der Waals surface area contributed by atoms with Crippen molar-refractivity contribution in [2.75, 3.05) is 18.8 Å². The van der Waals surface area contributed by atoms with E-state index in [1.165, 1.54) is 23.1 Å². The number of hydrogen-bond acceptors (Lipinski definition) is 6. The molecule has 144 valence electrons. The van der Waals surface area contributed by atoms with Crippen molar-refractivity contribution in [2.45, 2.75) is 22.7 Å². The van der Waals surface area contributed by atoms with Crippen molar-refractivity contribution in [3.8, 4) is 0 Å². The lowest BCUT2D eigenvalue weighted by molar-refractivity contribution is -0.111. The van der Waals surface area contributed by atoms with Gasteiger partial charge in [0.1, 0.15) is 31.5 Å². The minimum Gasteiger partial charge on any atom is -0.484 e. The number of rotatable bonds is 2. The van der Waals surface area contributed by atoms with Gasteiger partial charge < -0.3 is 4.74 Å². The molecule has 1 fully saturated rings. The summed E-state index contributed by atoms with van der Waals surface area (Å²) in [6.45, 7) is 1.34. The summed E-state index contributed by atoms with van der Waals surface area (Å²) in [5.74, 6) is 0.253. The van der Waals surface area contributed by atoms with E-state index in [9.17, 15) is 13.8 Å². The molecule has 0 saturated carbocycles. The maximum Gasteiger partial charge on any atom is 0.243 e. The van der Waals surface area contributed by atoms with Gasteiger partial charge in [-0.3, -0.25) is 9.59 Å². The number of nitrogens with zero attached hydrogens (tertiary/aromatic N) is 1. The predicted octanol–water partition coefficient (Wildman–Crippen LogP) is 3.50. The molecule has 1 aromatic heterocycles. The van der Waals surface area contributed by atoms with Crippen molar-refractivity contribution in [3.63, 3.8) is 0 Å². The first-order valence-corrected chi connectivity index (χ1v) is 12.0. The van der Waals surface area contributed by atoms with Gasteiger partial charge in [-0.1, -0.05) is 30.3 Å². The Balaban J connectivity index is 1.39. The first-order valence-electron chi connectivity index (χ1n) is 9.03. The smallest absolute Gasteiger partial charge is 0.243 e. The van der Waals surface area contributed by atoms with Crippen molar-refractivity contribution < 1.29 is 18.5 Å². The van der Waals surface area contributed by atoms with Gasteiger partial charge in [-0.05, 0) is 11.4 Å². The van der Waals surface area contributed by atoms with Crippen LogP contribution in [0.3, 0.4) is 0 Å². The first kappa shape index (κ1) is 18.3. The lowest BCUT2D eigenvalue weighted by Crippen LogP contribution is -2.49. The lowest BCUT2D eigenvalue weighted by atomic mass is 9.90. The van der Waals surface area contributed by atoms with Crippen LogP contribution in [0.25, 0.3) is 5.76 Å². The fourth-order valence-corrected chi connectivity index (χ4v) is 7.29. The summed E-state index contributed by atoms with van der Waals surface area (Å²) in [4.78, 5) is 25.3. The zero-order valence-electron chi connectivity index (χ0n) is 14.9. The number of ether oxygens (including phenoxy) is 1. The number of fused-ring (bicyclic) bond motifs is 2. The second-order valence-electron chi connectivity index (χ2n) is 7.05. The first-order chi connectivity index (χ1) is 13.6. The van der Waals surface area contributed by atoms with E-state index in [1.807, 2.05) is 34.0 Å². The fourth-order valence-electron chi connectivity index (χ4n) is 3.81. The van der Waals surface area contributed by atoms with Crippen LogP contribution in [-0.2, 0) is 20.5 Å². The molecule has 1 aliphatic carbocycles. The number of carbonyl (C=O) groups is 2. The number of thioether (sulfide) groups is 1. The second kappa shape index (κ2) is 6.95. The Morgan fingerprint density at radius 3 is 2.46 bits per heavy atom. The normalized spacial score (nSPS) is 22.6. The molecule has 0 amide bonds. The van der Waals surface area contributed by atoms with Crippen LogP contribution in [0.4, 0.5) is 0 Å². The number of ketones is 2. The zero-order chi connectivity index (χ0) is 19.3. The van der Waals surface area contributed by atoms with Crippen molar-refractivity contribution in [1.29, 1.82) is 0 Å². The topological polar surface area (TPSA) is 63.7 Å². The van der Waals surface area contributed by atoms with Gasteiger partial charge in [0.25, 0.3) is 0 Å². The molecule has 3 heterocycles. The third-order valence-corrected chi connectivity index (χ3v) is 9.39. The quantitative estimate of drug-likeness (QED) is 0.681. The largest absolute Gasteiger partial charge is 0.484 e. The van der Waals surface area contributed by atoms with Crippen LogP contribution in [0.2, 0.25) is 0 Å². The molecule has 5 rings (SSSR count). The number of benzene rings is 1. The molecule has 28 heavy (non-hydrogen) atoms. The van der Waals surface area contributed by atoms with Gasteiger partial charge >= 0.3 is 0 Å². The molecular weight excluding hydrogens is 414 g/mol. The summed E-state index contributed by atoms with van der Waals surface area (Å²) in [7, 11) is -1.14. The standard InChI is InChI=1S/C20H17NO4S3/c22-16-13-4-1-2-5-14(13)18-19(17(16)23)27-12-20(25-18)7-9-21(10-8-20)28(24)15-6-3-11-26-15/h1-6,11H,7-10,12H2. The molecule has 8 heteroatoms. The number of allylic oxidation sites excluding steroid dienone is 1. The van der Waals surface area contributed by atoms with E-state index in [1.54, 1.807) is 12.1 Å². The van der Waals surface area contributed by atoms with E-state index in [0.717, 1.165) is 17.1 Å². The highest BCUT2D eigenvalue weighted by molar-refractivity contribution is 8.04. The monoisotopic (exact) mass is 431 g/mol. The third-order valence-electron chi connectivity index (χ3n) is 5.37. The highest BCUT2D eigenvalue weighted by Crippen LogP contribution is 2.47. The summed E-state index contributed by atoms with van der Waals surface area (Å²) in [6, 6.07) is 11.0. The predicted molar refractivity (Wildman–Crippen MR) is 111 cm³/mol. The van der Waals surface area contributed by atoms with Gasteiger partial charge in [-0.25, -0.2) is 8.51 Å². The molecule has 1 spiro atoms. The second-order valence-corrected chi connectivity index (χ2v) is 10.7. The summed E-state index contributed by atoms with van der Waals surface area (Å²) in [6.07, 6.45) is 1.47. The third kappa shape index (κ3) is 2.90. The Kier molecular flexibility index (Phi) is 4.54. The van der Waals surface area contributed by atoms with Gasteiger partial charge in [0.05, 0.1) is 0 Å². The lowest BCUT2D eigenvalue weighted by Gasteiger charge is -2.44. The molecule has 0 radical (unpaired) electrons. The number of Topliss-reactive ketones (excluding diaryl/α,β-unsaturated/α-hetero) is 2. The molecule has 1 atom stereocenters. The molecule has 0 bridgehead atoms. The van der Waals surface area contributed by atoms with E-state index < -0.39 is 28.2 Å². The van der Waals surface area contributed by atoms with Crippen LogP contribution in [0.15, 0.2) is 50.9 Å². The number of piperidine rings is 1. The van der Waals surface area contributed by atoms with Crippen LogP contribution in [0.5, 0.6) is 0 Å². The summed E-state index contributed by atoms with van der Waals surface area (Å²) >= 11 is 2.93. The van der Waals surface area contributed by atoms with Crippen molar-refractivity contribution in [1.82, 2.24) is 4.31 Å². The minimum atomic E-state index is -1.14. The van der Waals surface area contributed by atoms with E-state index in [4.69, 9.17) is 4.74 Å². The molecule has 1 unspecified atom stereocenters. The summed E-state index contributed by atoms with van der Waals surface area (Å²) in [5, 5.41) is 1.94. The van der Waals surface area contributed by atoms with Crippen molar-refractivity contribution in [2.24, 2.45) is 0 Å². The summed E-state index contributed by atoms with van der Waals surface area (Å²) < 4.78 is 22.0. The van der Waals surface area contributed by atoms with E-state index in [0.29, 0.717) is 40.6 Å². The molecule has 2 aromatic rings. The van der Waals surface area contributed by atoms with E-state index in [-0.39, 0.29) is 0 Å². The Labute approximate surface area is 173 Å². The molecule has 1 saturated heterocycles. The SMILES string of the molecule is O=C1C(=O)c2ccccc2C2=C1SCC1(CCN(S(=O)c3cccs3)CC1)O2. The Morgan fingerprint density at radius 1 is 1.00 bits per heavy atom. The van der Waals surface area contributed by atoms with Gasteiger partial charge in [-0.2, -0.15) is 0 Å². The highest BCUT2D eigenvalue weighted by atomic mass is 32.2. The molecular formula is C20H17NO4S3. The van der Waals surface area contributed by atoms with Crippen LogP contribution < -0.4 is 0 Å². The molecule has 3 aliphatic rings. The molecule has 0 N–H and O–H groups in total. The maximum absolute atomic E-state index is 12.7. The van der Waals surface area contributed by atoms with Gasteiger partial charge in [-0.15, -0.1) is 23.1 Å². The minimum absolute atomic E-state index is 0.395. The molecule has 5 nitrogen and oxygen atoms in total. The average molecular weight is 432 g/mol. The van der Waals surface area contributed by atoms with Gasteiger partial charge in [0, 0.05) is 42.8 Å². The van der Waals surface area contributed by atoms with Crippen molar-refractivity contribution >= 4 is 51.4 Å². The van der Waals surface area contributed by atoms with Crippen LogP contribution in [0, 0.1) is 0 Å². The number of carbonyl (C=O) groups excluding carboxylic acids is 2. The molecule has 1 aromatic carbocycles. The average Bonchev–Trinajstić information content (AvgIpc) is 3.27. The van der Waals surface area contributed by atoms with Crippen molar-refractivity contribution in [3.05, 3.63) is 57.8 Å².